The van der Waals surface area contributed by atoms with E-state index in [1.807, 2.05) is 0 Å². The summed E-state index contributed by atoms with van der Waals surface area (Å²) in [5, 5.41) is 12.8. The van der Waals surface area contributed by atoms with Crippen molar-refractivity contribution in [3.63, 3.8) is 0 Å². The van der Waals surface area contributed by atoms with Crippen molar-refractivity contribution in [3.05, 3.63) is 52.8 Å². The SMILES string of the molecule is OB1OCc2ccc(NC(=S)Oc3ccc(Cl)cc3)c(F)c21. The molecule has 22 heavy (non-hydrogen) atoms. The van der Waals surface area contributed by atoms with Gasteiger partial charge in [-0.3, -0.25) is 0 Å². The molecule has 3 rings (SSSR count). The Kier molecular flexibility index (Phi) is 4.31. The Hall–Kier alpha value is -1.67. The van der Waals surface area contributed by atoms with Gasteiger partial charge in [-0.1, -0.05) is 17.7 Å². The Morgan fingerprint density at radius 3 is 2.77 bits per heavy atom. The van der Waals surface area contributed by atoms with E-state index in [-0.39, 0.29) is 22.9 Å². The van der Waals surface area contributed by atoms with Crippen LogP contribution in [0.3, 0.4) is 0 Å². The topological polar surface area (TPSA) is 50.7 Å². The van der Waals surface area contributed by atoms with Crippen LogP contribution in [0.4, 0.5) is 10.1 Å². The highest BCUT2D eigenvalue weighted by Gasteiger charge is 2.32. The predicted octanol–water partition coefficient (Wildman–Crippen LogP) is 2.47. The lowest BCUT2D eigenvalue weighted by Crippen LogP contribution is -2.32. The molecule has 0 bridgehead atoms. The monoisotopic (exact) mass is 337 g/mol. The third-order valence-electron chi connectivity index (χ3n) is 3.17. The molecule has 0 spiro atoms. The maximum absolute atomic E-state index is 14.3. The van der Waals surface area contributed by atoms with Crippen LogP contribution in [0.5, 0.6) is 5.75 Å². The Bertz CT molecular complexity index is 729. The Labute approximate surface area is 137 Å². The minimum atomic E-state index is -1.26. The Morgan fingerprint density at radius 2 is 2.05 bits per heavy atom. The first-order valence-electron chi connectivity index (χ1n) is 6.40. The van der Waals surface area contributed by atoms with Gasteiger partial charge in [0, 0.05) is 10.5 Å². The van der Waals surface area contributed by atoms with Gasteiger partial charge in [0.1, 0.15) is 11.6 Å². The summed E-state index contributed by atoms with van der Waals surface area (Å²) in [5.41, 5.74) is 0.849. The van der Waals surface area contributed by atoms with Crippen LogP contribution >= 0.6 is 23.8 Å². The molecule has 0 aliphatic carbocycles. The molecule has 0 atom stereocenters. The summed E-state index contributed by atoms with van der Waals surface area (Å²) in [5.74, 6) is -0.128. The van der Waals surface area contributed by atoms with E-state index in [2.05, 4.69) is 5.32 Å². The molecular formula is C14H10BClFNO3S. The van der Waals surface area contributed by atoms with Crippen molar-refractivity contribution in [2.75, 3.05) is 5.32 Å². The fourth-order valence-corrected chi connectivity index (χ4v) is 2.45. The molecule has 1 heterocycles. The third kappa shape index (κ3) is 3.07. The zero-order valence-corrected chi connectivity index (χ0v) is 12.7. The number of ether oxygens (including phenoxy) is 1. The Balaban J connectivity index is 1.75. The van der Waals surface area contributed by atoms with Gasteiger partial charge in [0.15, 0.2) is 0 Å². The number of fused-ring (bicyclic) bond motifs is 1. The van der Waals surface area contributed by atoms with Crippen molar-refractivity contribution in [2.24, 2.45) is 0 Å². The van der Waals surface area contributed by atoms with Gasteiger partial charge in [0.05, 0.1) is 12.3 Å². The normalized spacial score (nSPS) is 13.0. The maximum Gasteiger partial charge on any atom is 0.494 e. The van der Waals surface area contributed by atoms with Crippen LogP contribution in [0.1, 0.15) is 5.56 Å². The second-order valence-corrected chi connectivity index (χ2v) is 5.44. The number of anilines is 1. The highest BCUT2D eigenvalue weighted by Crippen LogP contribution is 2.20. The van der Waals surface area contributed by atoms with Gasteiger partial charge in [-0.05, 0) is 48.1 Å². The van der Waals surface area contributed by atoms with E-state index in [1.54, 1.807) is 30.3 Å². The fourth-order valence-electron chi connectivity index (χ4n) is 2.12. The van der Waals surface area contributed by atoms with Gasteiger partial charge in [-0.25, -0.2) is 4.39 Å². The number of hydrogen-bond acceptors (Lipinski definition) is 4. The first kappa shape index (κ1) is 15.2. The van der Waals surface area contributed by atoms with Crippen molar-refractivity contribution in [1.29, 1.82) is 0 Å². The molecule has 112 valence electrons. The minimum Gasteiger partial charge on any atom is -0.432 e. The van der Waals surface area contributed by atoms with Crippen LogP contribution in [0.25, 0.3) is 0 Å². The first-order chi connectivity index (χ1) is 10.5. The molecule has 0 saturated heterocycles. The number of hydrogen-bond donors (Lipinski definition) is 2. The molecule has 0 fully saturated rings. The van der Waals surface area contributed by atoms with Crippen LogP contribution in [-0.2, 0) is 11.3 Å². The fraction of sp³-hybridized carbons (Fsp3) is 0.0714. The first-order valence-corrected chi connectivity index (χ1v) is 7.18. The molecule has 2 aromatic rings. The second kappa shape index (κ2) is 6.22. The summed E-state index contributed by atoms with van der Waals surface area (Å²) >= 11 is 10.8. The summed E-state index contributed by atoms with van der Waals surface area (Å²) in [7, 11) is -1.26. The molecule has 1 aliphatic rings. The van der Waals surface area contributed by atoms with Gasteiger partial charge >= 0.3 is 7.12 Å². The van der Waals surface area contributed by atoms with Crippen LogP contribution < -0.4 is 15.5 Å². The molecule has 0 unspecified atom stereocenters. The molecule has 0 saturated carbocycles. The summed E-state index contributed by atoms with van der Waals surface area (Å²) in [6, 6.07) is 9.79. The number of rotatable bonds is 2. The molecule has 2 aromatic carbocycles. The van der Waals surface area contributed by atoms with E-state index in [0.29, 0.717) is 16.3 Å². The van der Waals surface area contributed by atoms with E-state index in [1.165, 1.54) is 6.07 Å². The third-order valence-corrected chi connectivity index (χ3v) is 3.61. The average Bonchev–Trinajstić information content (AvgIpc) is 2.87. The van der Waals surface area contributed by atoms with Gasteiger partial charge in [0.2, 0.25) is 0 Å². The van der Waals surface area contributed by atoms with Crippen molar-refractivity contribution in [3.8, 4) is 5.75 Å². The van der Waals surface area contributed by atoms with Crippen LogP contribution in [0, 0.1) is 5.82 Å². The number of thiocarbonyl (C=S) groups is 1. The predicted molar refractivity (Wildman–Crippen MR) is 87.1 cm³/mol. The van der Waals surface area contributed by atoms with Gasteiger partial charge in [0.25, 0.3) is 5.17 Å². The Morgan fingerprint density at radius 1 is 1.32 bits per heavy atom. The zero-order valence-electron chi connectivity index (χ0n) is 11.2. The van der Waals surface area contributed by atoms with Crippen LogP contribution in [0.15, 0.2) is 36.4 Å². The molecular weight excluding hydrogens is 327 g/mol. The van der Waals surface area contributed by atoms with Gasteiger partial charge in [-0.15, -0.1) is 0 Å². The lowest BCUT2D eigenvalue weighted by Gasteiger charge is -2.12. The molecule has 0 aromatic heterocycles. The summed E-state index contributed by atoms with van der Waals surface area (Å²) in [4.78, 5) is 0. The lowest BCUT2D eigenvalue weighted by atomic mass is 9.79. The van der Waals surface area contributed by atoms with Crippen molar-refractivity contribution >= 4 is 47.3 Å². The van der Waals surface area contributed by atoms with E-state index < -0.39 is 12.9 Å². The van der Waals surface area contributed by atoms with E-state index in [4.69, 9.17) is 33.2 Å². The van der Waals surface area contributed by atoms with Crippen molar-refractivity contribution < 1.29 is 18.8 Å². The smallest absolute Gasteiger partial charge is 0.432 e. The number of nitrogens with one attached hydrogen (secondary N) is 1. The molecule has 1 aliphatic heterocycles. The van der Waals surface area contributed by atoms with E-state index in [0.717, 1.165) is 0 Å². The van der Waals surface area contributed by atoms with Crippen LogP contribution in [0.2, 0.25) is 5.02 Å². The van der Waals surface area contributed by atoms with E-state index in [9.17, 15) is 9.41 Å². The number of benzene rings is 2. The lowest BCUT2D eigenvalue weighted by molar-refractivity contribution is 0.275. The minimum absolute atomic E-state index is 0.0189. The molecule has 8 heteroatoms. The largest absolute Gasteiger partial charge is 0.494 e. The standard InChI is InChI=1S/C14H10BClFNO3S/c16-9-2-4-10(5-3-9)21-14(22)18-11-6-1-8-7-20-15(19)12(8)13(11)17/h1-6,19H,7H2,(H,18,22). The number of halogens is 2. The summed E-state index contributed by atoms with van der Waals surface area (Å²) < 4.78 is 24.7. The van der Waals surface area contributed by atoms with E-state index >= 15 is 0 Å². The zero-order chi connectivity index (χ0) is 15.7. The molecule has 0 radical (unpaired) electrons. The average molecular weight is 338 g/mol. The second-order valence-electron chi connectivity index (χ2n) is 4.63. The van der Waals surface area contributed by atoms with Crippen molar-refractivity contribution in [2.45, 2.75) is 6.61 Å². The van der Waals surface area contributed by atoms with Gasteiger partial charge in [-0.2, -0.15) is 0 Å². The quantitative estimate of drug-likeness (QED) is 0.651. The summed E-state index contributed by atoms with van der Waals surface area (Å²) in [6.45, 7) is 0.180. The molecule has 2 N–H and O–H groups in total. The summed E-state index contributed by atoms with van der Waals surface area (Å²) in [6.07, 6.45) is 0. The van der Waals surface area contributed by atoms with Crippen molar-refractivity contribution in [1.82, 2.24) is 0 Å². The maximum atomic E-state index is 14.3. The molecule has 4 nitrogen and oxygen atoms in total. The highest BCUT2D eigenvalue weighted by atomic mass is 35.5. The molecule has 0 amide bonds. The highest BCUT2D eigenvalue weighted by molar-refractivity contribution is 7.80. The van der Waals surface area contributed by atoms with Gasteiger partial charge < -0.3 is 19.7 Å². The van der Waals surface area contributed by atoms with Crippen LogP contribution in [-0.4, -0.2) is 17.3 Å².